The van der Waals surface area contributed by atoms with Gasteiger partial charge in [0.15, 0.2) is 0 Å². The van der Waals surface area contributed by atoms with Crippen molar-refractivity contribution in [3.8, 4) is 5.75 Å². The minimum absolute atomic E-state index is 0.0181. The number of benzene rings is 2. The summed E-state index contributed by atoms with van der Waals surface area (Å²) in [5, 5.41) is 0. The van der Waals surface area contributed by atoms with Gasteiger partial charge in [0.25, 0.3) is 0 Å². The molecule has 0 saturated carbocycles. The highest BCUT2D eigenvalue weighted by Gasteiger charge is 2.24. The predicted molar refractivity (Wildman–Crippen MR) is 83.9 cm³/mol. The molecule has 0 bridgehead atoms. The standard InChI is InChI=1S/C18H18FNO3/c1-20-10-14-4-3-13(18(21)22-2)9-17(14)23-11-16(20)12-5-7-15(19)8-6-12/h3-9,16H,10-11H2,1-2H3. The number of halogens is 1. The molecule has 0 spiro atoms. The lowest BCUT2D eigenvalue weighted by Gasteiger charge is -2.25. The first-order chi connectivity index (χ1) is 11.1. The molecule has 0 amide bonds. The first-order valence-electron chi connectivity index (χ1n) is 7.38. The molecule has 23 heavy (non-hydrogen) atoms. The van der Waals surface area contributed by atoms with Gasteiger partial charge in [-0.25, -0.2) is 9.18 Å². The molecule has 120 valence electrons. The van der Waals surface area contributed by atoms with Gasteiger partial charge in [0.05, 0.1) is 18.7 Å². The van der Waals surface area contributed by atoms with Crippen LogP contribution < -0.4 is 4.74 Å². The molecule has 2 aromatic rings. The fourth-order valence-corrected chi connectivity index (χ4v) is 2.77. The summed E-state index contributed by atoms with van der Waals surface area (Å²) in [6.45, 7) is 1.11. The number of hydrogen-bond acceptors (Lipinski definition) is 4. The van der Waals surface area contributed by atoms with Crippen LogP contribution in [0.2, 0.25) is 0 Å². The van der Waals surface area contributed by atoms with E-state index in [0.717, 1.165) is 11.1 Å². The highest BCUT2D eigenvalue weighted by molar-refractivity contribution is 5.89. The molecule has 0 aromatic heterocycles. The predicted octanol–water partition coefficient (Wildman–Crippen LogP) is 3.18. The number of likely N-dealkylation sites (N-methyl/N-ethyl adjacent to an activating group) is 1. The van der Waals surface area contributed by atoms with Crippen LogP contribution in [-0.4, -0.2) is 31.6 Å². The van der Waals surface area contributed by atoms with E-state index in [0.29, 0.717) is 24.5 Å². The molecule has 0 saturated heterocycles. The molecule has 3 rings (SSSR count). The van der Waals surface area contributed by atoms with E-state index in [-0.39, 0.29) is 17.8 Å². The molecule has 1 aliphatic rings. The Morgan fingerprint density at radius 3 is 2.70 bits per heavy atom. The number of carbonyl (C=O) groups is 1. The Morgan fingerprint density at radius 1 is 1.26 bits per heavy atom. The van der Waals surface area contributed by atoms with Crippen LogP contribution in [0.15, 0.2) is 42.5 Å². The van der Waals surface area contributed by atoms with E-state index in [1.165, 1.54) is 19.2 Å². The maximum Gasteiger partial charge on any atom is 0.337 e. The molecular weight excluding hydrogens is 297 g/mol. The largest absolute Gasteiger partial charge is 0.491 e. The Labute approximate surface area is 134 Å². The zero-order valence-corrected chi connectivity index (χ0v) is 13.1. The van der Waals surface area contributed by atoms with Crippen molar-refractivity contribution in [3.63, 3.8) is 0 Å². The topological polar surface area (TPSA) is 38.8 Å². The van der Waals surface area contributed by atoms with E-state index in [2.05, 4.69) is 4.90 Å². The van der Waals surface area contributed by atoms with E-state index in [9.17, 15) is 9.18 Å². The summed E-state index contributed by atoms with van der Waals surface area (Å²) in [6, 6.07) is 11.8. The number of carbonyl (C=O) groups excluding carboxylic acids is 1. The van der Waals surface area contributed by atoms with E-state index in [1.807, 2.05) is 13.1 Å². The third-order valence-corrected chi connectivity index (χ3v) is 4.09. The minimum Gasteiger partial charge on any atom is -0.491 e. The molecule has 4 nitrogen and oxygen atoms in total. The van der Waals surface area contributed by atoms with Gasteiger partial charge in [0.2, 0.25) is 0 Å². The van der Waals surface area contributed by atoms with Gasteiger partial charge >= 0.3 is 5.97 Å². The Bertz CT molecular complexity index is 715. The van der Waals surface area contributed by atoms with Crippen LogP contribution in [0.5, 0.6) is 5.75 Å². The number of rotatable bonds is 2. The number of fused-ring (bicyclic) bond motifs is 1. The first-order valence-corrected chi connectivity index (χ1v) is 7.38. The maximum absolute atomic E-state index is 13.1. The van der Waals surface area contributed by atoms with Crippen LogP contribution in [0.1, 0.15) is 27.5 Å². The Kier molecular flexibility index (Phi) is 4.30. The number of methoxy groups -OCH3 is 1. The fourth-order valence-electron chi connectivity index (χ4n) is 2.77. The van der Waals surface area contributed by atoms with E-state index < -0.39 is 0 Å². The lowest BCUT2D eigenvalue weighted by molar-refractivity contribution is 0.0600. The number of hydrogen-bond donors (Lipinski definition) is 0. The zero-order valence-electron chi connectivity index (χ0n) is 13.1. The average molecular weight is 315 g/mol. The second-order valence-electron chi connectivity index (χ2n) is 5.61. The maximum atomic E-state index is 13.1. The second kappa shape index (κ2) is 6.38. The Morgan fingerprint density at radius 2 is 2.00 bits per heavy atom. The fraction of sp³-hybridized carbons (Fsp3) is 0.278. The summed E-state index contributed by atoms with van der Waals surface area (Å²) in [5.74, 6) is 0.0467. The van der Waals surface area contributed by atoms with Gasteiger partial charge in [-0.2, -0.15) is 0 Å². The molecule has 1 heterocycles. The van der Waals surface area contributed by atoms with Crippen LogP contribution in [0, 0.1) is 5.82 Å². The summed E-state index contributed by atoms with van der Waals surface area (Å²) in [5.41, 5.74) is 2.47. The van der Waals surface area contributed by atoms with Crippen molar-refractivity contribution in [2.45, 2.75) is 12.6 Å². The number of esters is 1. The second-order valence-corrected chi connectivity index (χ2v) is 5.61. The van der Waals surface area contributed by atoms with Crippen LogP contribution in [0.4, 0.5) is 4.39 Å². The van der Waals surface area contributed by atoms with E-state index in [4.69, 9.17) is 9.47 Å². The SMILES string of the molecule is COC(=O)c1ccc2c(c1)OCC(c1ccc(F)cc1)N(C)C2. The third-order valence-electron chi connectivity index (χ3n) is 4.09. The molecule has 2 aromatic carbocycles. The quantitative estimate of drug-likeness (QED) is 0.798. The average Bonchev–Trinajstić information content (AvgIpc) is 2.72. The van der Waals surface area contributed by atoms with Crippen molar-refractivity contribution in [1.82, 2.24) is 4.90 Å². The number of ether oxygens (including phenoxy) is 2. The summed E-state index contributed by atoms with van der Waals surface area (Å²) in [6.07, 6.45) is 0. The highest BCUT2D eigenvalue weighted by Crippen LogP contribution is 2.31. The molecule has 0 N–H and O–H groups in total. The summed E-state index contributed by atoms with van der Waals surface area (Å²) < 4.78 is 23.8. The molecular formula is C18H18FNO3. The first kappa shape index (κ1) is 15.5. The molecule has 0 radical (unpaired) electrons. The van der Waals surface area contributed by atoms with Gasteiger partial charge in [-0.1, -0.05) is 18.2 Å². The molecule has 0 aliphatic carbocycles. The number of nitrogens with zero attached hydrogens (tertiary/aromatic N) is 1. The van der Waals surface area contributed by atoms with Crippen LogP contribution in [0.25, 0.3) is 0 Å². The summed E-state index contributed by atoms with van der Waals surface area (Å²) in [7, 11) is 3.36. The van der Waals surface area contributed by atoms with Crippen molar-refractivity contribution in [3.05, 3.63) is 65.0 Å². The van der Waals surface area contributed by atoms with Crippen LogP contribution >= 0.6 is 0 Å². The normalized spacial score (nSPS) is 17.8. The lowest BCUT2D eigenvalue weighted by atomic mass is 10.1. The lowest BCUT2D eigenvalue weighted by Crippen LogP contribution is -2.26. The zero-order chi connectivity index (χ0) is 16.4. The molecule has 1 unspecified atom stereocenters. The van der Waals surface area contributed by atoms with Crippen molar-refractivity contribution in [1.29, 1.82) is 0 Å². The van der Waals surface area contributed by atoms with Gasteiger partial charge < -0.3 is 9.47 Å². The highest BCUT2D eigenvalue weighted by atomic mass is 19.1. The molecule has 5 heteroatoms. The van der Waals surface area contributed by atoms with Gasteiger partial charge in [-0.15, -0.1) is 0 Å². The molecule has 0 fully saturated rings. The smallest absolute Gasteiger partial charge is 0.337 e. The molecule has 1 aliphatic heterocycles. The monoisotopic (exact) mass is 315 g/mol. The summed E-state index contributed by atoms with van der Waals surface area (Å²) in [4.78, 5) is 13.8. The van der Waals surface area contributed by atoms with Gasteiger partial charge in [-0.05, 0) is 36.9 Å². The van der Waals surface area contributed by atoms with E-state index in [1.54, 1.807) is 24.3 Å². The van der Waals surface area contributed by atoms with Crippen LogP contribution in [-0.2, 0) is 11.3 Å². The summed E-state index contributed by atoms with van der Waals surface area (Å²) >= 11 is 0. The van der Waals surface area contributed by atoms with Crippen molar-refractivity contribution in [2.75, 3.05) is 20.8 Å². The van der Waals surface area contributed by atoms with Gasteiger partial charge in [0.1, 0.15) is 18.2 Å². The van der Waals surface area contributed by atoms with Crippen molar-refractivity contribution >= 4 is 5.97 Å². The van der Waals surface area contributed by atoms with Gasteiger partial charge in [-0.3, -0.25) is 4.90 Å². The minimum atomic E-state index is -0.385. The molecule has 1 atom stereocenters. The Balaban J connectivity index is 1.86. The Hall–Kier alpha value is -2.40. The van der Waals surface area contributed by atoms with Crippen molar-refractivity contribution in [2.24, 2.45) is 0 Å². The third kappa shape index (κ3) is 3.19. The van der Waals surface area contributed by atoms with Gasteiger partial charge in [0, 0.05) is 12.1 Å². The van der Waals surface area contributed by atoms with Crippen LogP contribution in [0.3, 0.4) is 0 Å². The van der Waals surface area contributed by atoms with E-state index >= 15 is 0 Å². The van der Waals surface area contributed by atoms with Crippen molar-refractivity contribution < 1.29 is 18.7 Å².